The lowest BCUT2D eigenvalue weighted by Gasteiger charge is -2.29. The van der Waals surface area contributed by atoms with Gasteiger partial charge in [0.15, 0.2) is 0 Å². The van der Waals surface area contributed by atoms with Crippen LogP contribution in [0.1, 0.15) is 22.3 Å². The smallest absolute Gasteiger partial charge is 0.330 e. The van der Waals surface area contributed by atoms with Gasteiger partial charge in [-0.05, 0) is 30.2 Å². The van der Waals surface area contributed by atoms with Crippen molar-refractivity contribution in [2.75, 3.05) is 25.6 Å². The van der Waals surface area contributed by atoms with E-state index in [1.165, 1.54) is 33.5 Å². The molecule has 0 radical (unpaired) electrons. The summed E-state index contributed by atoms with van der Waals surface area (Å²) >= 11 is 13.7. The molecule has 3 N–H and O–H groups in total. The molecule has 0 spiro atoms. The second kappa shape index (κ2) is 13.6. The first kappa shape index (κ1) is 32.4. The van der Waals surface area contributed by atoms with E-state index < -0.39 is 29.1 Å². The Morgan fingerprint density at radius 1 is 1.09 bits per heavy atom. The topological polar surface area (TPSA) is 124 Å². The number of hydrogen-bond donors (Lipinski definition) is 3. The maximum atomic E-state index is 15.5. The summed E-state index contributed by atoms with van der Waals surface area (Å²) in [7, 11) is 4.17. The van der Waals surface area contributed by atoms with E-state index in [1.807, 2.05) is 0 Å². The summed E-state index contributed by atoms with van der Waals surface area (Å²) in [5.41, 5.74) is 0.946. The predicted molar refractivity (Wildman–Crippen MR) is 171 cm³/mol. The number of hydrogen-bond acceptors (Lipinski definition) is 7. The Morgan fingerprint density at radius 2 is 1.78 bits per heavy atom. The summed E-state index contributed by atoms with van der Waals surface area (Å²) in [5.74, 6) is -0.956. The molecule has 13 heteroatoms. The molecule has 45 heavy (non-hydrogen) atoms. The highest BCUT2D eigenvalue weighted by Crippen LogP contribution is 2.42. The Labute approximate surface area is 267 Å². The summed E-state index contributed by atoms with van der Waals surface area (Å²) in [6.07, 6.45) is 1.08. The van der Waals surface area contributed by atoms with Gasteiger partial charge in [0.25, 0.3) is 11.5 Å². The van der Waals surface area contributed by atoms with Gasteiger partial charge in [-0.25, -0.2) is 9.18 Å². The Hall–Kier alpha value is -4.00. The number of carbonyl (C=O) groups excluding carboxylic acids is 1. The minimum Gasteiger partial charge on any atom is -0.496 e. The SMILES string of the molecule is COc1cc(-c2cccc(-c3cccc(NC(=O)c4cn(C)c(=O)n(C)c4=O)c3Cl)c2Cl)cc(F)c1CN[C@H]1COCC[C@@H]1O. The Kier molecular flexibility index (Phi) is 9.76. The monoisotopic (exact) mass is 656 g/mol. The molecule has 1 aliphatic rings. The van der Waals surface area contributed by atoms with Crippen LogP contribution in [0.2, 0.25) is 10.0 Å². The van der Waals surface area contributed by atoms with Crippen LogP contribution >= 0.6 is 23.2 Å². The van der Waals surface area contributed by atoms with Crippen molar-refractivity contribution in [3.8, 4) is 28.0 Å². The third kappa shape index (κ3) is 6.54. The van der Waals surface area contributed by atoms with Crippen LogP contribution in [0, 0.1) is 5.82 Å². The van der Waals surface area contributed by atoms with Crippen LogP contribution < -0.4 is 26.6 Å². The molecule has 2 atom stereocenters. The van der Waals surface area contributed by atoms with E-state index in [2.05, 4.69) is 10.6 Å². The van der Waals surface area contributed by atoms with E-state index >= 15 is 4.39 Å². The summed E-state index contributed by atoms with van der Waals surface area (Å²) in [4.78, 5) is 37.6. The molecule has 1 aliphatic heterocycles. The van der Waals surface area contributed by atoms with Gasteiger partial charge in [0.05, 0.1) is 41.6 Å². The first-order valence-corrected chi connectivity index (χ1v) is 14.8. The number of anilines is 1. The van der Waals surface area contributed by atoms with E-state index in [0.29, 0.717) is 53.2 Å². The summed E-state index contributed by atoms with van der Waals surface area (Å²) in [5, 5.41) is 16.5. The van der Waals surface area contributed by atoms with Crippen LogP contribution in [-0.4, -0.2) is 52.6 Å². The fourth-order valence-electron chi connectivity index (χ4n) is 5.23. The lowest BCUT2D eigenvalue weighted by atomic mass is 9.97. The highest BCUT2D eigenvalue weighted by Gasteiger charge is 2.25. The number of aliphatic hydroxyl groups excluding tert-OH is 1. The van der Waals surface area contributed by atoms with Crippen molar-refractivity contribution in [2.45, 2.75) is 25.1 Å². The molecule has 5 rings (SSSR count). The molecule has 10 nitrogen and oxygen atoms in total. The van der Waals surface area contributed by atoms with Crippen LogP contribution in [-0.2, 0) is 25.4 Å². The first-order chi connectivity index (χ1) is 21.5. The van der Waals surface area contributed by atoms with Crippen molar-refractivity contribution in [1.29, 1.82) is 0 Å². The van der Waals surface area contributed by atoms with Crippen molar-refractivity contribution in [1.82, 2.24) is 14.5 Å². The van der Waals surface area contributed by atoms with Gasteiger partial charge >= 0.3 is 5.69 Å². The zero-order valence-corrected chi connectivity index (χ0v) is 26.2. The molecule has 236 valence electrons. The lowest BCUT2D eigenvalue weighted by molar-refractivity contribution is -0.0161. The van der Waals surface area contributed by atoms with Crippen molar-refractivity contribution in [2.24, 2.45) is 14.1 Å². The predicted octanol–water partition coefficient (Wildman–Crippen LogP) is 4.36. The molecular formula is C32H31Cl2FN4O6. The van der Waals surface area contributed by atoms with Gasteiger partial charge in [-0.1, -0.05) is 53.5 Å². The Morgan fingerprint density at radius 3 is 2.49 bits per heavy atom. The fourth-order valence-corrected chi connectivity index (χ4v) is 5.84. The van der Waals surface area contributed by atoms with E-state index in [9.17, 15) is 19.5 Å². The van der Waals surface area contributed by atoms with Crippen molar-refractivity contribution in [3.05, 3.63) is 103 Å². The Bertz CT molecular complexity index is 1890. The number of aliphatic hydroxyl groups is 1. The minimum absolute atomic E-state index is 0.119. The van der Waals surface area contributed by atoms with Gasteiger partial charge in [-0.3, -0.25) is 14.2 Å². The van der Waals surface area contributed by atoms with Crippen LogP contribution in [0.4, 0.5) is 10.1 Å². The lowest BCUT2D eigenvalue weighted by Crippen LogP contribution is -2.46. The first-order valence-electron chi connectivity index (χ1n) is 14.0. The van der Waals surface area contributed by atoms with Crippen LogP contribution in [0.3, 0.4) is 0 Å². The van der Waals surface area contributed by atoms with Gasteiger partial charge in [0.2, 0.25) is 0 Å². The van der Waals surface area contributed by atoms with Gasteiger partial charge in [-0.2, -0.15) is 0 Å². The molecule has 1 fully saturated rings. The molecule has 1 aromatic heterocycles. The number of carbonyl (C=O) groups is 1. The zero-order valence-electron chi connectivity index (χ0n) is 24.7. The summed E-state index contributed by atoms with van der Waals surface area (Å²) < 4.78 is 28.4. The van der Waals surface area contributed by atoms with Crippen molar-refractivity contribution in [3.63, 3.8) is 0 Å². The number of rotatable bonds is 8. The maximum Gasteiger partial charge on any atom is 0.330 e. The van der Waals surface area contributed by atoms with Crippen molar-refractivity contribution < 1.29 is 23.8 Å². The molecule has 2 heterocycles. The van der Waals surface area contributed by atoms with E-state index in [-0.39, 0.29) is 33.9 Å². The van der Waals surface area contributed by atoms with Gasteiger partial charge in [0.1, 0.15) is 17.1 Å². The number of amides is 1. The average Bonchev–Trinajstić information content (AvgIpc) is 3.02. The molecular weight excluding hydrogens is 626 g/mol. The largest absolute Gasteiger partial charge is 0.496 e. The molecule has 1 amide bonds. The second-order valence-corrected chi connectivity index (χ2v) is 11.4. The number of halogens is 3. The number of ether oxygens (including phenoxy) is 2. The van der Waals surface area contributed by atoms with Crippen LogP contribution in [0.15, 0.2) is 64.3 Å². The number of aromatic nitrogens is 2. The number of methoxy groups -OCH3 is 1. The third-order valence-corrected chi connectivity index (χ3v) is 8.59. The van der Waals surface area contributed by atoms with Gasteiger partial charge < -0.3 is 29.8 Å². The number of nitrogens with zero attached hydrogens (tertiary/aromatic N) is 2. The quantitative estimate of drug-likeness (QED) is 0.257. The highest BCUT2D eigenvalue weighted by molar-refractivity contribution is 6.39. The third-order valence-electron chi connectivity index (χ3n) is 7.77. The number of benzene rings is 3. The second-order valence-electron chi connectivity index (χ2n) is 10.6. The molecule has 0 aliphatic carbocycles. The molecule has 1 saturated heterocycles. The van der Waals surface area contributed by atoms with Gasteiger partial charge in [-0.15, -0.1) is 0 Å². The number of nitrogens with one attached hydrogen (secondary N) is 2. The van der Waals surface area contributed by atoms with E-state index in [0.717, 1.165) is 9.13 Å². The molecule has 0 saturated carbocycles. The van der Waals surface area contributed by atoms with Crippen LogP contribution in [0.25, 0.3) is 22.3 Å². The molecule has 4 aromatic rings. The number of aryl methyl sites for hydroxylation is 1. The molecule has 3 aromatic carbocycles. The van der Waals surface area contributed by atoms with E-state index in [1.54, 1.807) is 42.5 Å². The van der Waals surface area contributed by atoms with Gasteiger partial charge in [0, 0.05) is 55.7 Å². The average molecular weight is 658 g/mol. The Balaban J connectivity index is 1.45. The van der Waals surface area contributed by atoms with E-state index in [4.69, 9.17) is 32.7 Å². The summed E-state index contributed by atoms with van der Waals surface area (Å²) in [6.45, 7) is 0.923. The molecule has 0 bridgehead atoms. The van der Waals surface area contributed by atoms with Crippen LogP contribution in [0.5, 0.6) is 5.75 Å². The highest BCUT2D eigenvalue weighted by atomic mass is 35.5. The summed E-state index contributed by atoms with van der Waals surface area (Å²) in [6, 6.07) is 12.9. The maximum absolute atomic E-state index is 15.5. The minimum atomic E-state index is -0.747. The van der Waals surface area contributed by atoms with Crippen molar-refractivity contribution >= 4 is 34.8 Å². The molecule has 0 unspecified atom stereocenters. The normalized spacial score (nSPS) is 16.4. The fraction of sp³-hybridized carbons (Fsp3) is 0.281. The zero-order chi connectivity index (χ0) is 32.4. The standard InChI is InChI=1S/C32H31Cl2FN4O6/c1-38-15-22(31(42)39(2)32(38)43)30(41)37-24-9-5-8-20(29(24)34)19-7-4-6-18(28(19)33)17-12-23(35)21(27(13-17)44-3)14-36-25-16-45-11-10-26(25)40/h4-9,12-13,15,25-26,36,40H,10-11,14,16H2,1-3H3,(H,37,41)/t25-,26-/m0/s1.